The molecule has 5 rings (SSSR count). The van der Waals surface area contributed by atoms with Crippen LogP contribution >= 0.6 is 0 Å². The zero-order chi connectivity index (χ0) is 25.4. The van der Waals surface area contributed by atoms with Gasteiger partial charge in [0, 0.05) is 12.6 Å². The minimum atomic E-state index is -0.595. The summed E-state index contributed by atoms with van der Waals surface area (Å²) >= 11 is 0. The van der Waals surface area contributed by atoms with Gasteiger partial charge in [0.1, 0.15) is 11.6 Å². The van der Waals surface area contributed by atoms with Crippen molar-refractivity contribution in [3.8, 4) is 5.75 Å². The van der Waals surface area contributed by atoms with E-state index in [9.17, 15) is 9.59 Å². The highest BCUT2D eigenvalue weighted by Gasteiger charge is 2.43. The van der Waals surface area contributed by atoms with Gasteiger partial charge in [-0.15, -0.1) is 0 Å². The number of nitrogens with zero attached hydrogens (tertiary/aromatic N) is 2. The number of methoxy groups -OCH3 is 1. The van der Waals surface area contributed by atoms with E-state index in [2.05, 4.69) is 24.1 Å². The summed E-state index contributed by atoms with van der Waals surface area (Å²) in [6.45, 7) is 4.12. The van der Waals surface area contributed by atoms with Crippen LogP contribution in [-0.2, 0) is 4.79 Å². The molecule has 3 aromatic carbocycles. The predicted octanol–water partition coefficient (Wildman–Crippen LogP) is 5.00. The molecule has 4 aromatic rings. The summed E-state index contributed by atoms with van der Waals surface area (Å²) in [5, 5.41) is 3.27. The molecule has 1 aliphatic rings. The Kier molecular flexibility index (Phi) is 6.22. The van der Waals surface area contributed by atoms with Gasteiger partial charge in [0.2, 0.25) is 5.91 Å². The van der Waals surface area contributed by atoms with E-state index in [0.29, 0.717) is 11.4 Å². The number of rotatable bonds is 6. The second-order valence-electron chi connectivity index (χ2n) is 9.57. The third-order valence-corrected chi connectivity index (χ3v) is 6.99. The minimum Gasteiger partial charge on any atom is -0.497 e. The molecule has 0 radical (unpaired) electrons. The van der Waals surface area contributed by atoms with Crippen LogP contribution in [0.3, 0.4) is 0 Å². The Morgan fingerprint density at radius 1 is 1.03 bits per heavy atom. The molecule has 1 aliphatic heterocycles. The molecule has 3 atom stereocenters. The van der Waals surface area contributed by atoms with E-state index < -0.39 is 12.0 Å². The third kappa shape index (κ3) is 4.11. The van der Waals surface area contributed by atoms with Gasteiger partial charge in [-0.3, -0.25) is 9.59 Å². The van der Waals surface area contributed by atoms with Gasteiger partial charge in [0.15, 0.2) is 0 Å². The van der Waals surface area contributed by atoms with E-state index in [1.54, 1.807) is 25.1 Å². The van der Waals surface area contributed by atoms with Crippen LogP contribution in [0.1, 0.15) is 59.2 Å². The smallest absolute Gasteiger partial charge is 0.254 e. The first-order valence-electron chi connectivity index (χ1n) is 12.1. The van der Waals surface area contributed by atoms with Gasteiger partial charge in [0.25, 0.3) is 5.91 Å². The molecule has 36 heavy (non-hydrogen) atoms. The first-order valence-corrected chi connectivity index (χ1v) is 12.1. The second-order valence-corrected chi connectivity index (χ2v) is 9.57. The first kappa shape index (κ1) is 23.6. The monoisotopic (exact) mass is 482 g/mol. The van der Waals surface area contributed by atoms with Gasteiger partial charge < -0.3 is 19.9 Å². The fourth-order valence-electron chi connectivity index (χ4n) is 5.09. The Morgan fingerprint density at radius 3 is 2.42 bits per heavy atom. The Bertz CT molecular complexity index is 1380. The van der Waals surface area contributed by atoms with E-state index in [0.717, 1.165) is 27.9 Å². The molecule has 2 heterocycles. The number of imidazole rings is 1. The summed E-state index contributed by atoms with van der Waals surface area (Å²) in [7, 11) is 3.37. The summed E-state index contributed by atoms with van der Waals surface area (Å²) in [4.78, 5) is 37.2. The lowest BCUT2D eigenvalue weighted by Gasteiger charge is -2.40. The first-order chi connectivity index (χ1) is 17.4. The number of likely N-dealkylation sites (N-methyl/N-ethyl adjacent to an activating group) is 1. The van der Waals surface area contributed by atoms with E-state index in [1.807, 2.05) is 66.7 Å². The third-order valence-electron chi connectivity index (χ3n) is 6.99. The summed E-state index contributed by atoms with van der Waals surface area (Å²) < 4.78 is 5.32. The van der Waals surface area contributed by atoms with Crippen molar-refractivity contribution in [2.75, 3.05) is 14.2 Å². The van der Waals surface area contributed by atoms with Crippen LogP contribution in [0, 0.1) is 5.92 Å². The van der Waals surface area contributed by atoms with Crippen LogP contribution in [0.4, 0.5) is 0 Å². The van der Waals surface area contributed by atoms with Crippen molar-refractivity contribution in [1.82, 2.24) is 20.2 Å². The number of amides is 2. The standard InChI is InChI=1S/C29H30N4O3/c1-17(2)25(27-30-22-11-7-8-12-23(22)31-27)32-28(34)24-20-9-5-6-10-21(20)29(35)33(3)26(24)18-13-15-19(36-4)16-14-18/h5-17,24-26H,1-4H3,(H,30,31)(H,32,34)/t24-,25-,26-/m1/s1. The lowest BCUT2D eigenvalue weighted by atomic mass is 9.79. The lowest BCUT2D eigenvalue weighted by Crippen LogP contribution is -2.46. The van der Waals surface area contributed by atoms with Crippen LogP contribution < -0.4 is 10.1 Å². The number of fused-ring (bicyclic) bond motifs is 2. The predicted molar refractivity (Wildman–Crippen MR) is 139 cm³/mol. The molecule has 7 heteroatoms. The van der Waals surface area contributed by atoms with Gasteiger partial charge in [0.05, 0.1) is 36.1 Å². The number of H-pyrrole nitrogens is 1. The van der Waals surface area contributed by atoms with Gasteiger partial charge in [-0.2, -0.15) is 0 Å². The Balaban J connectivity index is 1.56. The Labute approximate surface area is 210 Å². The van der Waals surface area contributed by atoms with Crippen molar-refractivity contribution in [2.24, 2.45) is 5.92 Å². The number of hydrogen-bond donors (Lipinski definition) is 2. The van der Waals surface area contributed by atoms with Crippen LogP contribution in [-0.4, -0.2) is 40.8 Å². The van der Waals surface area contributed by atoms with Crippen LogP contribution in [0.2, 0.25) is 0 Å². The zero-order valence-electron chi connectivity index (χ0n) is 20.9. The molecule has 0 saturated heterocycles. The highest BCUT2D eigenvalue weighted by Crippen LogP contribution is 2.43. The molecular weight excluding hydrogens is 452 g/mol. The average molecular weight is 483 g/mol. The van der Waals surface area contributed by atoms with E-state index in [-0.39, 0.29) is 23.8 Å². The van der Waals surface area contributed by atoms with Gasteiger partial charge in [-0.05, 0) is 47.4 Å². The second kappa shape index (κ2) is 9.49. The number of nitrogens with one attached hydrogen (secondary N) is 2. The molecule has 0 bridgehead atoms. The van der Waals surface area contributed by atoms with Gasteiger partial charge in [-0.1, -0.05) is 56.3 Å². The topological polar surface area (TPSA) is 87.3 Å². The molecule has 1 aromatic heterocycles. The molecule has 2 N–H and O–H groups in total. The van der Waals surface area contributed by atoms with Crippen LogP contribution in [0.25, 0.3) is 11.0 Å². The molecule has 0 aliphatic carbocycles. The number of aromatic nitrogens is 2. The summed E-state index contributed by atoms with van der Waals surface area (Å²) in [6.07, 6.45) is 0. The van der Waals surface area contributed by atoms with Crippen molar-refractivity contribution in [2.45, 2.75) is 31.8 Å². The van der Waals surface area contributed by atoms with E-state index in [4.69, 9.17) is 9.72 Å². The molecule has 184 valence electrons. The molecule has 0 unspecified atom stereocenters. The molecule has 0 saturated carbocycles. The number of carbonyl (C=O) groups is 2. The maximum Gasteiger partial charge on any atom is 0.254 e. The number of aromatic amines is 1. The highest BCUT2D eigenvalue weighted by atomic mass is 16.5. The fraction of sp³-hybridized carbons (Fsp3) is 0.276. The number of benzene rings is 3. The maximum absolute atomic E-state index is 14.1. The van der Waals surface area contributed by atoms with Crippen LogP contribution in [0.15, 0.2) is 72.8 Å². The Morgan fingerprint density at radius 2 is 1.72 bits per heavy atom. The fourth-order valence-corrected chi connectivity index (χ4v) is 5.09. The molecule has 2 amide bonds. The number of hydrogen-bond acceptors (Lipinski definition) is 4. The van der Waals surface area contributed by atoms with Crippen molar-refractivity contribution in [3.05, 3.63) is 95.3 Å². The summed E-state index contributed by atoms with van der Waals surface area (Å²) in [6, 6.07) is 22.0. The maximum atomic E-state index is 14.1. The quantitative estimate of drug-likeness (QED) is 0.405. The molecule has 0 spiro atoms. The van der Waals surface area contributed by atoms with Crippen molar-refractivity contribution in [3.63, 3.8) is 0 Å². The lowest BCUT2D eigenvalue weighted by molar-refractivity contribution is -0.125. The number of carbonyl (C=O) groups excluding carboxylic acids is 2. The van der Waals surface area contributed by atoms with Crippen molar-refractivity contribution in [1.29, 1.82) is 0 Å². The number of para-hydroxylation sites is 2. The SMILES string of the molecule is COc1ccc([C@@H]2[C@H](C(=O)N[C@@H](c3nc4ccccc4[nH]3)C(C)C)c3ccccc3C(=O)N2C)cc1. The van der Waals surface area contributed by atoms with E-state index in [1.165, 1.54) is 0 Å². The average Bonchev–Trinajstić information content (AvgIpc) is 3.33. The molecule has 7 nitrogen and oxygen atoms in total. The van der Waals surface area contributed by atoms with Gasteiger partial charge in [-0.25, -0.2) is 4.98 Å². The van der Waals surface area contributed by atoms with Crippen molar-refractivity contribution < 1.29 is 14.3 Å². The van der Waals surface area contributed by atoms with Gasteiger partial charge >= 0.3 is 0 Å². The summed E-state index contributed by atoms with van der Waals surface area (Å²) in [5.41, 5.74) is 3.93. The van der Waals surface area contributed by atoms with Crippen molar-refractivity contribution >= 4 is 22.8 Å². The Hall–Kier alpha value is -4.13. The van der Waals surface area contributed by atoms with E-state index >= 15 is 0 Å². The molecule has 0 fully saturated rings. The summed E-state index contributed by atoms with van der Waals surface area (Å²) in [5.74, 6) is 0.675. The normalized spacial score (nSPS) is 18.2. The highest BCUT2D eigenvalue weighted by molar-refractivity contribution is 6.01. The number of ether oxygens (including phenoxy) is 1. The zero-order valence-corrected chi connectivity index (χ0v) is 20.9. The minimum absolute atomic E-state index is 0.0899. The molecular formula is C29H30N4O3. The largest absolute Gasteiger partial charge is 0.497 e. The van der Waals surface area contributed by atoms with Crippen LogP contribution in [0.5, 0.6) is 5.75 Å².